The van der Waals surface area contributed by atoms with Crippen LogP contribution in [0.3, 0.4) is 0 Å². The summed E-state index contributed by atoms with van der Waals surface area (Å²) in [6.45, 7) is 6.28. The molecule has 0 unspecified atom stereocenters. The number of quaternary nitrogens is 2. The molecule has 0 spiro atoms. The summed E-state index contributed by atoms with van der Waals surface area (Å²) in [5.41, 5.74) is 17.7. The number of anilines is 2. The van der Waals surface area contributed by atoms with E-state index >= 15 is 0 Å². The molecule has 0 fully saturated rings. The van der Waals surface area contributed by atoms with Crippen molar-refractivity contribution < 1.29 is 35.7 Å². The van der Waals surface area contributed by atoms with Crippen molar-refractivity contribution in [2.45, 2.75) is 49.1 Å². The number of nitrogens with one attached hydrogen (secondary N) is 2. The van der Waals surface area contributed by atoms with Gasteiger partial charge in [0.25, 0.3) is 0 Å². The third kappa shape index (κ3) is 15.2. The van der Waals surface area contributed by atoms with Gasteiger partial charge in [-0.25, -0.2) is 16.8 Å². The number of rotatable bonds is 14. The molecule has 0 amide bonds. The van der Waals surface area contributed by atoms with E-state index in [0.29, 0.717) is 6.07 Å². The van der Waals surface area contributed by atoms with E-state index in [1.807, 2.05) is 0 Å². The van der Waals surface area contributed by atoms with Crippen LogP contribution in [0.2, 0.25) is 0 Å². The molecule has 0 aliphatic rings. The molecular weight excluding hydrogens is 793 g/mol. The molecule has 12 heteroatoms. The summed E-state index contributed by atoms with van der Waals surface area (Å²) in [6.07, 6.45) is 0. The summed E-state index contributed by atoms with van der Waals surface area (Å²) in [5, 5.41) is 0. The van der Waals surface area contributed by atoms with Crippen LogP contribution in [0.5, 0.6) is 0 Å². The molecule has 0 bridgehead atoms. The van der Waals surface area contributed by atoms with Crippen LogP contribution in [-0.2, 0) is 59.5 Å². The SMILES string of the molecule is Nc1cc(N)c(S(=O)(=O)[O-])cc1S(=O)(=O)[O-].c1ccc(C[NH+](Cc2ccccc2)Cc2ccccc2)cc1.c1ccc(C[NH+](Cc2ccccc2)Cc2ccccc2)cc1. The molecule has 0 aliphatic heterocycles. The van der Waals surface area contributed by atoms with Crippen molar-refractivity contribution in [3.05, 3.63) is 228 Å². The van der Waals surface area contributed by atoms with Gasteiger partial charge in [0, 0.05) is 33.4 Å². The van der Waals surface area contributed by atoms with Crippen molar-refractivity contribution in [3.8, 4) is 0 Å². The fourth-order valence-corrected chi connectivity index (χ4v) is 8.00. The average Bonchev–Trinajstić information content (AvgIpc) is 3.23. The number of hydrogen-bond acceptors (Lipinski definition) is 8. The molecule has 0 saturated carbocycles. The molecule has 6 N–H and O–H groups in total. The zero-order valence-electron chi connectivity index (χ0n) is 33.1. The zero-order chi connectivity index (χ0) is 42.8. The van der Waals surface area contributed by atoms with Crippen LogP contribution in [0.1, 0.15) is 33.4 Å². The van der Waals surface area contributed by atoms with E-state index in [2.05, 4.69) is 182 Å². The Bertz CT molecular complexity index is 2180. The Morgan fingerprint density at radius 1 is 0.333 bits per heavy atom. The Kier molecular flexibility index (Phi) is 16.7. The fourth-order valence-electron chi connectivity index (χ4n) is 6.71. The van der Waals surface area contributed by atoms with Gasteiger partial charge in [-0.05, 0) is 12.1 Å². The van der Waals surface area contributed by atoms with E-state index in [-0.39, 0.29) is 0 Å². The molecule has 7 aromatic carbocycles. The average molecular weight is 843 g/mol. The fraction of sp³-hybridized carbons (Fsp3) is 0.125. The van der Waals surface area contributed by atoms with Crippen molar-refractivity contribution >= 4 is 31.6 Å². The number of nitrogens with two attached hydrogens (primary N) is 2. The van der Waals surface area contributed by atoms with E-state index in [1.165, 1.54) is 33.4 Å². The summed E-state index contributed by atoms with van der Waals surface area (Å²) in [4.78, 5) is 1.14. The number of hydrogen-bond donors (Lipinski definition) is 4. The molecule has 0 aromatic heterocycles. The molecule has 0 heterocycles. The summed E-state index contributed by atoms with van der Waals surface area (Å²) in [5.74, 6) is 0. The van der Waals surface area contributed by atoms with Gasteiger partial charge >= 0.3 is 0 Å². The van der Waals surface area contributed by atoms with Gasteiger partial charge in [0.2, 0.25) is 0 Å². The first-order valence-electron chi connectivity index (χ1n) is 19.3. The smallest absolute Gasteiger partial charge is 0.126 e. The van der Waals surface area contributed by atoms with E-state index in [4.69, 9.17) is 11.5 Å². The van der Waals surface area contributed by atoms with Gasteiger partial charge in [0.05, 0.1) is 21.2 Å². The Morgan fingerprint density at radius 2 is 0.517 bits per heavy atom. The Morgan fingerprint density at radius 3 is 0.683 bits per heavy atom. The van der Waals surface area contributed by atoms with Gasteiger partial charge in [-0.2, -0.15) is 0 Å². The van der Waals surface area contributed by atoms with Crippen LogP contribution in [-0.4, -0.2) is 25.9 Å². The van der Waals surface area contributed by atoms with Gasteiger partial charge in [-0.3, -0.25) is 0 Å². The summed E-state index contributed by atoms with van der Waals surface area (Å²) in [6, 6.07) is 65.7. The molecule has 310 valence electrons. The summed E-state index contributed by atoms with van der Waals surface area (Å²) < 4.78 is 64.0. The predicted molar refractivity (Wildman–Crippen MR) is 234 cm³/mol. The second kappa shape index (κ2) is 22.3. The maximum absolute atomic E-state index is 10.7. The van der Waals surface area contributed by atoms with Gasteiger partial charge in [0.15, 0.2) is 0 Å². The van der Waals surface area contributed by atoms with Crippen molar-refractivity contribution in [2.24, 2.45) is 0 Å². The van der Waals surface area contributed by atoms with Crippen molar-refractivity contribution in [1.82, 2.24) is 0 Å². The first-order chi connectivity index (χ1) is 28.8. The highest BCUT2D eigenvalue weighted by molar-refractivity contribution is 7.86. The number of nitrogen functional groups attached to an aromatic ring is 2. The second-order valence-corrected chi connectivity index (χ2v) is 17.0. The maximum Gasteiger partial charge on any atom is 0.126 e. The first-order valence-corrected chi connectivity index (χ1v) is 22.2. The Labute approximate surface area is 353 Å². The molecule has 0 atom stereocenters. The molecule has 0 aliphatic carbocycles. The molecule has 60 heavy (non-hydrogen) atoms. The molecule has 0 radical (unpaired) electrons. The van der Waals surface area contributed by atoms with Crippen molar-refractivity contribution in [3.63, 3.8) is 0 Å². The molecular formula is C48H50N4O6S2. The first kappa shape index (κ1) is 45.0. The van der Waals surface area contributed by atoms with Gasteiger partial charge in [-0.1, -0.05) is 182 Å². The topological polar surface area (TPSA) is 175 Å². The lowest BCUT2D eigenvalue weighted by Gasteiger charge is -2.20. The predicted octanol–water partition coefficient (Wildman–Crippen LogP) is 5.60. The van der Waals surface area contributed by atoms with E-state index in [9.17, 15) is 25.9 Å². The maximum atomic E-state index is 10.7. The Hall–Kier alpha value is -6.12. The van der Waals surface area contributed by atoms with E-state index in [0.717, 1.165) is 45.3 Å². The quantitative estimate of drug-likeness (QED) is 0.0809. The van der Waals surface area contributed by atoms with Crippen LogP contribution in [0.25, 0.3) is 0 Å². The number of benzene rings is 7. The lowest BCUT2D eigenvalue weighted by atomic mass is 10.1. The second-order valence-electron chi connectivity index (χ2n) is 14.3. The molecule has 7 rings (SSSR count). The highest BCUT2D eigenvalue weighted by Crippen LogP contribution is 2.27. The third-order valence-corrected chi connectivity index (χ3v) is 11.2. The van der Waals surface area contributed by atoms with Crippen molar-refractivity contribution in [1.29, 1.82) is 0 Å². The normalized spacial score (nSPS) is 11.3. The minimum Gasteiger partial charge on any atom is -0.744 e. The Balaban J connectivity index is 0.000000174. The lowest BCUT2D eigenvalue weighted by molar-refractivity contribution is -0.941. The highest BCUT2D eigenvalue weighted by Gasteiger charge is 2.15. The van der Waals surface area contributed by atoms with E-state index < -0.39 is 41.4 Å². The van der Waals surface area contributed by atoms with Gasteiger partial charge in [-0.15, -0.1) is 0 Å². The molecule has 10 nitrogen and oxygen atoms in total. The zero-order valence-corrected chi connectivity index (χ0v) is 34.8. The van der Waals surface area contributed by atoms with Crippen molar-refractivity contribution in [2.75, 3.05) is 11.5 Å². The van der Waals surface area contributed by atoms with Crippen LogP contribution in [0.4, 0.5) is 11.4 Å². The largest absolute Gasteiger partial charge is 0.744 e. The lowest BCUT2D eigenvalue weighted by Crippen LogP contribution is -3.08. The third-order valence-electron chi connectivity index (χ3n) is 9.46. The van der Waals surface area contributed by atoms with Crippen LogP contribution in [0, 0.1) is 0 Å². The van der Waals surface area contributed by atoms with Crippen LogP contribution >= 0.6 is 0 Å². The minimum atomic E-state index is -4.97. The highest BCUT2D eigenvalue weighted by atomic mass is 32.2. The summed E-state index contributed by atoms with van der Waals surface area (Å²) in [7, 11) is -9.93. The van der Waals surface area contributed by atoms with E-state index in [1.54, 1.807) is 9.80 Å². The molecule has 0 saturated heterocycles. The monoisotopic (exact) mass is 842 g/mol. The molecule has 7 aromatic rings. The summed E-state index contributed by atoms with van der Waals surface area (Å²) >= 11 is 0. The van der Waals surface area contributed by atoms with Crippen LogP contribution in [0.15, 0.2) is 204 Å². The minimum absolute atomic E-state index is 0.356. The van der Waals surface area contributed by atoms with Crippen LogP contribution < -0.4 is 21.3 Å². The van der Waals surface area contributed by atoms with Gasteiger partial charge < -0.3 is 30.4 Å². The standard InChI is InChI=1S/2C21H21N.C6H8N2O6S2/c2*1-4-10-19(11-5-1)16-22(17-20-12-6-2-7-13-20)18-21-14-8-3-9-15-21;7-3-1-4(8)6(16(12,13)14)2-5(3)15(9,10)11/h2*1-15H,16-18H2;1-2H,7-8H2,(H,9,10,11)(H,12,13,14). The van der Waals surface area contributed by atoms with Gasteiger partial charge in [0.1, 0.15) is 59.5 Å².